The zero-order chi connectivity index (χ0) is 15.2. The van der Waals surface area contributed by atoms with Crippen LogP contribution in [-0.2, 0) is 11.3 Å². The van der Waals surface area contributed by atoms with E-state index in [1.54, 1.807) is 10.9 Å². The van der Waals surface area contributed by atoms with Crippen LogP contribution in [0.2, 0.25) is 0 Å². The molecule has 0 saturated carbocycles. The van der Waals surface area contributed by atoms with E-state index in [0.717, 1.165) is 5.56 Å². The number of alkyl halides is 2. The van der Waals surface area contributed by atoms with Crippen molar-refractivity contribution >= 4 is 11.6 Å². The molecular formula is C14H15F2N3O2. The molecule has 112 valence electrons. The molecule has 1 aromatic heterocycles. The average Bonchev–Trinajstić information content (AvgIpc) is 2.84. The summed E-state index contributed by atoms with van der Waals surface area (Å²) in [5, 5.41) is 6.76. The molecule has 0 unspecified atom stereocenters. The highest BCUT2D eigenvalue weighted by atomic mass is 19.3. The van der Waals surface area contributed by atoms with Gasteiger partial charge in [0.1, 0.15) is 5.75 Å². The summed E-state index contributed by atoms with van der Waals surface area (Å²) < 4.78 is 29.9. The Balaban J connectivity index is 1.82. The first-order chi connectivity index (χ1) is 10.0. The average molecular weight is 295 g/mol. The first-order valence-corrected chi connectivity index (χ1v) is 6.37. The normalized spacial score (nSPS) is 10.7. The van der Waals surface area contributed by atoms with Crippen molar-refractivity contribution < 1.29 is 18.3 Å². The van der Waals surface area contributed by atoms with Crippen LogP contribution in [-0.4, -0.2) is 22.3 Å². The fourth-order valence-electron chi connectivity index (χ4n) is 1.75. The number of nitrogens with zero attached hydrogens (tertiary/aromatic N) is 2. The lowest BCUT2D eigenvalue weighted by molar-refractivity contribution is -0.116. The molecule has 0 aliphatic carbocycles. The van der Waals surface area contributed by atoms with Crippen molar-refractivity contribution in [1.82, 2.24) is 9.78 Å². The molecule has 0 atom stereocenters. The summed E-state index contributed by atoms with van der Waals surface area (Å²) in [6, 6.07) is 5.76. The molecule has 0 spiro atoms. The summed E-state index contributed by atoms with van der Waals surface area (Å²) in [4.78, 5) is 11.8. The Bertz CT molecular complexity index is 597. The molecule has 0 fully saturated rings. The van der Waals surface area contributed by atoms with Gasteiger partial charge in [0, 0.05) is 24.8 Å². The fourth-order valence-corrected chi connectivity index (χ4v) is 1.75. The number of hydrogen-bond acceptors (Lipinski definition) is 3. The minimum absolute atomic E-state index is 0.0509. The van der Waals surface area contributed by atoms with E-state index in [2.05, 4.69) is 15.2 Å². The second kappa shape index (κ2) is 6.83. The lowest BCUT2D eigenvalue weighted by Gasteiger charge is -2.07. The van der Waals surface area contributed by atoms with Gasteiger partial charge in [-0.1, -0.05) is 0 Å². The molecule has 0 saturated heterocycles. The minimum Gasteiger partial charge on any atom is -0.435 e. The van der Waals surface area contributed by atoms with Crippen LogP contribution in [0.1, 0.15) is 12.0 Å². The van der Waals surface area contributed by atoms with Crippen LogP contribution in [0, 0.1) is 6.92 Å². The van der Waals surface area contributed by atoms with Gasteiger partial charge >= 0.3 is 6.61 Å². The van der Waals surface area contributed by atoms with Crippen LogP contribution in [0.3, 0.4) is 0 Å². The lowest BCUT2D eigenvalue weighted by atomic mass is 10.3. The summed E-state index contributed by atoms with van der Waals surface area (Å²) in [7, 11) is 0. The molecule has 1 N–H and O–H groups in total. The molecule has 5 nitrogen and oxygen atoms in total. The number of carbonyl (C=O) groups is 1. The SMILES string of the molecule is Cc1cnn(CCC(=O)Nc2ccc(OC(F)F)cc2)c1. The van der Waals surface area contributed by atoms with Crippen molar-refractivity contribution in [3.05, 3.63) is 42.2 Å². The van der Waals surface area contributed by atoms with Crippen molar-refractivity contribution in [2.45, 2.75) is 26.5 Å². The third kappa shape index (κ3) is 4.87. The predicted octanol–water partition coefficient (Wildman–Crippen LogP) is 2.82. The Hall–Kier alpha value is -2.44. The number of carbonyl (C=O) groups excluding carboxylic acids is 1. The number of rotatable bonds is 6. The van der Waals surface area contributed by atoms with Gasteiger partial charge in [0.2, 0.25) is 5.91 Å². The largest absolute Gasteiger partial charge is 0.435 e. The zero-order valence-electron chi connectivity index (χ0n) is 11.4. The van der Waals surface area contributed by atoms with Crippen LogP contribution < -0.4 is 10.1 Å². The molecule has 0 aliphatic rings. The van der Waals surface area contributed by atoms with Crippen LogP contribution in [0.5, 0.6) is 5.75 Å². The highest BCUT2D eigenvalue weighted by molar-refractivity contribution is 5.90. The standard InChI is InChI=1S/C14H15F2N3O2/c1-10-8-17-19(9-10)7-6-13(20)18-11-2-4-12(5-3-11)21-14(15)16/h2-5,8-9,14H,6-7H2,1H3,(H,18,20). The molecular weight excluding hydrogens is 280 g/mol. The second-order valence-corrected chi connectivity index (χ2v) is 4.48. The van der Waals surface area contributed by atoms with E-state index in [9.17, 15) is 13.6 Å². The van der Waals surface area contributed by atoms with Crippen molar-refractivity contribution in [3.63, 3.8) is 0 Å². The van der Waals surface area contributed by atoms with Gasteiger partial charge in [0.05, 0.1) is 6.20 Å². The molecule has 0 aliphatic heterocycles. The smallest absolute Gasteiger partial charge is 0.387 e. The minimum atomic E-state index is -2.86. The summed E-state index contributed by atoms with van der Waals surface area (Å²) in [6.07, 6.45) is 3.85. The van der Waals surface area contributed by atoms with E-state index in [4.69, 9.17) is 0 Å². The highest BCUT2D eigenvalue weighted by Crippen LogP contribution is 2.17. The number of hydrogen-bond donors (Lipinski definition) is 1. The number of ether oxygens (including phenoxy) is 1. The molecule has 21 heavy (non-hydrogen) atoms. The van der Waals surface area contributed by atoms with E-state index in [1.165, 1.54) is 24.3 Å². The number of halogens is 2. The van der Waals surface area contributed by atoms with Crippen molar-refractivity contribution in [1.29, 1.82) is 0 Å². The van der Waals surface area contributed by atoms with Crippen LogP contribution in [0.15, 0.2) is 36.7 Å². The molecule has 1 heterocycles. The second-order valence-electron chi connectivity index (χ2n) is 4.48. The van der Waals surface area contributed by atoms with Crippen molar-refractivity contribution in [2.75, 3.05) is 5.32 Å². The number of anilines is 1. The summed E-state index contributed by atoms with van der Waals surface area (Å²) >= 11 is 0. The molecule has 1 amide bonds. The Kier molecular flexibility index (Phi) is 4.86. The Morgan fingerprint density at radius 2 is 2.10 bits per heavy atom. The molecule has 0 bridgehead atoms. The van der Waals surface area contributed by atoms with E-state index >= 15 is 0 Å². The Morgan fingerprint density at radius 1 is 1.38 bits per heavy atom. The molecule has 2 aromatic rings. The fraction of sp³-hybridized carbons (Fsp3) is 0.286. The van der Waals surface area contributed by atoms with Crippen LogP contribution in [0.4, 0.5) is 14.5 Å². The molecule has 2 rings (SSSR count). The van der Waals surface area contributed by atoms with E-state index in [0.29, 0.717) is 12.2 Å². The molecule has 7 heteroatoms. The van der Waals surface area contributed by atoms with Gasteiger partial charge in [-0.15, -0.1) is 0 Å². The van der Waals surface area contributed by atoms with Gasteiger partial charge in [-0.3, -0.25) is 9.48 Å². The summed E-state index contributed by atoms with van der Waals surface area (Å²) in [6.45, 7) is -0.457. The van der Waals surface area contributed by atoms with Crippen LogP contribution in [0.25, 0.3) is 0 Å². The van der Waals surface area contributed by atoms with Crippen molar-refractivity contribution in [3.8, 4) is 5.75 Å². The Labute approximate surface area is 120 Å². The first kappa shape index (κ1) is 15.0. The number of benzene rings is 1. The highest BCUT2D eigenvalue weighted by Gasteiger charge is 2.06. The molecule has 0 radical (unpaired) electrons. The number of amides is 1. The van der Waals surface area contributed by atoms with Gasteiger partial charge in [0.25, 0.3) is 0 Å². The zero-order valence-corrected chi connectivity index (χ0v) is 11.4. The van der Waals surface area contributed by atoms with Gasteiger partial charge < -0.3 is 10.1 Å². The lowest BCUT2D eigenvalue weighted by Crippen LogP contribution is -2.14. The van der Waals surface area contributed by atoms with E-state index in [-0.39, 0.29) is 18.1 Å². The van der Waals surface area contributed by atoms with Crippen LogP contribution >= 0.6 is 0 Å². The third-order valence-electron chi connectivity index (χ3n) is 2.69. The third-order valence-corrected chi connectivity index (χ3v) is 2.69. The quantitative estimate of drug-likeness (QED) is 0.891. The maximum absolute atomic E-state index is 12.0. The maximum atomic E-state index is 12.0. The first-order valence-electron chi connectivity index (χ1n) is 6.37. The van der Waals surface area contributed by atoms with Gasteiger partial charge in [-0.05, 0) is 36.8 Å². The van der Waals surface area contributed by atoms with Gasteiger partial charge in [-0.2, -0.15) is 13.9 Å². The Morgan fingerprint density at radius 3 is 2.67 bits per heavy atom. The van der Waals surface area contributed by atoms with Gasteiger partial charge in [0.15, 0.2) is 0 Å². The van der Waals surface area contributed by atoms with E-state index in [1.807, 2.05) is 13.1 Å². The number of aromatic nitrogens is 2. The summed E-state index contributed by atoms with van der Waals surface area (Å²) in [5.74, 6) is -0.124. The van der Waals surface area contributed by atoms with Crippen molar-refractivity contribution in [2.24, 2.45) is 0 Å². The van der Waals surface area contributed by atoms with E-state index < -0.39 is 6.61 Å². The number of nitrogens with one attached hydrogen (secondary N) is 1. The number of aryl methyl sites for hydroxylation is 2. The monoisotopic (exact) mass is 295 g/mol. The summed E-state index contributed by atoms with van der Waals surface area (Å²) in [5.41, 5.74) is 1.56. The molecule has 1 aromatic carbocycles. The predicted molar refractivity (Wildman–Crippen MR) is 73.3 cm³/mol. The topological polar surface area (TPSA) is 56.2 Å². The van der Waals surface area contributed by atoms with Gasteiger partial charge in [-0.25, -0.2) is 0 Å². The maximum Gasteiger partial charge on any atom is 0.387 e.